The van der Waals surface area contributed by atoms with E-state index in [-0.39, 0.29) is 13.0 Å². The van der Waals surface area contributed by atoms with Crippen LogP contribution < -0.4 is 5.32 Å². The number of hydrogen-bond acceptors (Lipinski definition) is 8. The van der Waals surface area contributed by atoms with E-state index < -0.39 is 53.9 Å². The minimum absolute atomic E-state index is 0.0368. The summed E-state index contributed by atoms with van der Waals surface area (Å²) in [6, 6.07) is -1.19. The quantitative estimate of drug-likeness (QED) is 0.442. The van der Waals surface area contributed by atoms with E-state index >= 15 is 0 Å². The summed E-state index contributed by atoms with van der Waals surface area (Å²) in [5.41, 5.74) is 0.580. The van der Waals surface area contributed by atoms with Crippen LogP contribution in [0.5, 0.6) is 0 Å². The minimum atomic E-state index is -1.19. The zero-order valence-corrected chi connectivity index (χ0v) is 19.8. The molecule has 1 amide bonds. The second-order valence-corrected chi connectivity index (χ2v) is 10.2. The number of carbonyl (C=O) groups excluding carboxylic acids is 1. The van der Waals surface area contributed by atoms with Crippen molar-refractivity contribution < 1.29 is 38.7 Å². The van der Waals surface area contributed by atoms with Gasteiger partial charge in [0.2, 0.25) is 0 Å². The first kappa shape index (κ1) is 24.6. The van der Waals surface area contributed by atoms with Crippen LogP contribution in [-0.4, -0.2) is 80.7 Å². The maximum atomic E-state index is 13.4. The number of carboxylic acid groups (broad SMARTS) is 1. The van der Waals surface area contributed by atoms with E-state index in [1.54, 1.807) is 0 Å². The molecule has 11 nitrogen and oxygen atoms in total. The minimum Gasteiger partial charge on any atom is -0.480 e. The molecular weight excluding hydrogens is 458 g/mol. The molecule has 4 N–H and O–H groups in total. The summed E-state index contributed by atoms with van der Waals surface area (Å²) in [5, 5.41) is 23.6. The zero-order chi connectivity index (χ0) is 24.5. The van der Waals surface area contributed by atoms with Crippen LogP contribution in [0.4, 0.5) is 0 Å². The van der Waals surface area contributed by atoms with Crippen molar-refractivity contribution in [3.63, 3.8) is 0 Å². The monoisotopic (exact) mass is 493 g/mol. The predicted octanol–water partition coefficient (Wildman–Crippen LogP) is 1.40. The Balaban J connectivity index is 1.31. The summed E-state index contributed by atoms with van der Waals surface area (Å²) in [6.45, 7) is 0.208. The number of aliphatic hydroxyl groups is 1. The molecule has 0 bridgehead atoms. The molecule has 2 aliphatic heterocycles. The first-order valence-corrected chi connectivity index (χ1v) is 12.7. The standard InChI is InChI=1S/C24H35N3O8/c28-18(17-13-32-23(33-17)7-3-1-4-8-23)19-20(35-24(34-19)9-5-2-6-10-24)21(29)27-16(22(30)31)11-15-12-25-14-26-15/h12,14,16-20,28H,1-11,13H2,(H,25,26)(H,27,29)(H,30,31)/t16-,17+,18-,19+,20+/m0/s1. The first-order valence-electron chi connectivity index (χ1n) is 12.7. The van der Waals surface area contributed by atoms with Crippen molar-refractivity contribution in [3.8, 4) is 0 Å². The van der Waals surface area contributed by atoms with Gasteiger partial charge in [-0.2, -0.15) is 0 Å². The van der Waals surface area contributed by atoms with Crippen molar-refractivity contribution in [2.75, 3.05) is 6.61 Å². The molecule has 0 unspecified atom stereocenters. The van der Waals surface area contributed by atoms with Gasteiger partial charge in [-0.3, -0.25) is 4.79 Å². The number of nitrogens with one attached hydrogen (secondary N) is 2. The van der Waals surface area contributed by atoms with Crippen LogP contribution >= 0.6 is 0 Å². The number of carbonyl (C=O) groups is 2. The van der Waals surface area contributed by atoms with Gasteiger partial charge < -0.3 is 39.5 Å². The second-order valence-electron chi connectivity index (χ2n) is 10.2. The number of imidazole rings is 1. The molecule has 194 valence electrons. The number of amides is 1. The molecule has 5 rings (SSSR count). The van der Waals surface area contributed by atoms with Gasteiger partial charge in [0.25, 0.3) is 5.91 Å². The highest BCUT2D eigenvalue weighted by Crippen LogP contribution is 2.44. The number of aromatic amines is 1. The lowest BCUT2D eigenvalue weighted by Gasteiger charge is -2.34. The summed E-state index contributed by atoms with van der Waals surface area (Å²) in [5.74, 6) is -3.45. The van der Waals surface area contributed by atoms with E-state index in [1.807, 2.05) is 0 Å². The van der Waals surface area contributed by atoms with Gasteiger partial charge in [0, 0.05) is 44.0 Å². The van der Waals surface area contributed by atoms with Crippen LogP contribution in [0.3, 0.4) is 0 Å². The lowest BCUT2D eigenvalue weighted by molar-refractivity contribution is -0.217. The van der Waals surface area contributed by atoms with Gasteiger partial charge in [-0.25, -0.2) is 9.78 Å². The number of aliphatic hydroxyl groups excluding tert-OH is 1. The second kappa shape index (κ2) is 10.1. The fraction of sp³-hybridized carbons (Fsp3) is 0.792. The molecular formula is C24H35N3O8. The van der Waals surface area contributed by atoms with E-state index in [9.17, 15) is 19.8 Å². The van der Waals surface area contributed by atoms with Crippen molar-refractivity contribution in [3.05, 3.63) is 18.2 Å². The largest absolute Gasteiger partial charge is 0.480 e. The van der Waals surface area contributed by atoms with Crippen LogP contribution in [0.25, 0.3) is 0 Å². The van der Waals surface area contributed by atoms with Gasteiger partial charge >= 0.3 is 5.97 Å². The number of nitrogens with zero attached hydrogens (tertiary/aromatic N) is 1. The van der Waals surface area contributed by atoms with Gasteiger partial charge in [0.05, 0.1) is 12.9 Å². The van der Waals surface area contributed by atoms with Crippen LogP contribution in [0.1, 0.15) is 69.9 Å². The van der Waals surface area contributed by atoms with Gasteiger partial charge in [-0.15, -0.1) is 0 Å². The molecule has 1 aromatic rings. The summed E-state index contributed by atoms with van der Waals surface area (Å²) >= 11 is 0. The van der Waals surface area contributed by atoms with Crippen molar-refractivity contribution in [1.29, 1.82) is 0 Å². The van der Waals surface area contributed by atoms with Crippen LogP contribution in [0.15, 0.2) is 12.5 Å². The fourth-order valence-corrected chi connectivity index (χ4v) is 5.79. The molecule has 2 saturated carbocycles. The van der Waals surface area contributed by atoms with E-state index in [0.29, 0.717) is 18.5 Å². The molecule has 0 radical (unpaired) electrons. The van der Waals surface area contributed by atoms with Gasteiger partial charge in [0.15, 0.2) is 17.7 Å². The Labute approximate surface area is 203 Å². The third kappa shape index (κ3) is 5.24. The van der Waals surface area contributed by atoms with E-state index in [1.165, 1.54) is 12.5 Å². The average molecular weight is 494 g/mol. The van der Waals surface area contributed by atoms with Crippen molar-refractivity contribution in [2.24, 2.45) is 0 Å². The highest BCUT2D eigenvalue weighted by Gasteiger charge is 2.56. The molecule has 2 aliphatic carbocycles. The summed E-state index contributed by atoms with van der Waals surface area (Å²) in [6.07, 6.45) is 7.77. The lowest BCUT2D eigenvalue weighted by Crippen LogP contribution is -2.53. The molecule has 4 aliphatic rings. The molecule has 1 aromatic heterocycles. The highest BCUT2D eigenvalue weighted by molar-refractivity contribution is 5.87. The summed E-state index contributed by atoms with van der Waals surface area (Å²) < 4.78 is 24.7. The van der Waals surface area contributed by atoms with Crippen molar-refractivity contribution in [1.82, 2.24) is 15.3 Å². The molecule has 35 heavy (non-hydrogen) atoms. The topological polar surface area (TPSA) is 152 Å². The van der Waals surface area contributed by atoms with E-state index in [4.69, 9.17) is 18.9 Å². The number of rotatable bonds is 7. The van der Waals surface area contributed by atoms with Crippen molar-refractivity contribution >= 4 is 11.9 Å². The molecule has 4 fully saturated rings. The third-order valence-electron chi connectivity index (χ3n) is 7.67. The van der Waals surface area contributed by atoms with E-state index in [2.05, 4.69) is 15.3 Å². The van der Waals surface area contributed by atoms with Crippen LogP contribution in [0, 0.1) is 0 Å². The summed E-state index contributed by atoms with van der Waals surface area (Å²) in [7, 11) is 0. The number of aliphatic carboxylic acids is 1. The van der Waals surface area contributed by atoms with Gasteiger partial charge in [-0.05, 0) is 25.7 Å². The maximum absolute atomic E-state index is 13.4. The molecule has 2 saturated heterocycles. The first-order chi connectivity index (χ1) is 16.9. The number of H-pyrrole nitrogens is 1. The molecule has 11 heteroatoms. The molecule has 0 aromatic carbocycles. The molecule has 3 heterocycles. The van der Waals surface area contributed by atoms with Gasteiger partial charge in [0.1, 0.15) is 24.4 Å². The smallest absolute Gasteiger partial charge is 0.326 e. The third-order valence-corrected chi connectivity index (χ3v) is 7.67. The average Bonchev–Trinajstić information content (AvgIpc) is 3.59. The Morgan fingerprint density at radius 3 is 2.37 bits per heavy atom. The predicted molar refractivity (Wildman–Crippen MR) is 120 cm³/mol. The number of ether oxygens (including phenoxy) is 4. The lowest BCUT2D eigenvalue weighted by atomic mass is 9.94. The fourth-order valence-electron chi connectivity index (χ4n) is 5.79. The maximum Gasteiger partial charge on any atom is 0.326 e. The van der Waals surface area contributed by atoms with Crippen molar-refractivity contribution in [2.45, 2.75) is 113 Å². The van der Waals surface area contributed by atoms with Crippen LogP contribution in [0.2, 0.25) is 0 Å². The highest BCUT2D eigenvalue weighted by atomic mass is 16.8. The van der Waals surface area contributed by atoms with E-state index in [0.717, 1.165) is 51.4 Å². The number of hydrogen-bond donors (Lipinski definition) is 4. The Morgan fingerprint density at radius 2 is 1.74 bits per heavy atom. The molecule has 2 spiro atoms. The summed E-state index contributed by atoms with van der Waals surface area (Å²) in [4.78, 5) is 32.0. The number of aromatic nitrogens is 2. The van der Waals surface area contributed by atoms with Gasteiger partial charge in [-0.1, -0.05) is 12.8 Å². The molecule has 5 atom stereocenters. The Kier molecular flexibility index (Phi) is 7.13. The normalized spacial score (nSPS) is 31.4. The SMILES string of the molecule is O=C(O)[C@H](Cc1cnc[nH]1)NC(=O)[C@@H]1OC2(CCCCC2)O[C@@H]1[C@@H](O)[C@H]1COC2(CCCCC2)O1. The Hall–Kier alpha value is -2.05. The van der Waals surface area contributed by atoms with Crippen LogP contribution in [-0.2, 0) is 35.0 Å². The zero-order valence-electron chi connectivity index (χ0n) is 19.8. The Morgan fingerprint density at radius 1 is 1.06 bits per heavy atom. The number of carboxylic acids is 1. The Bertz CT molecular complexity index is 881.